The molecule has 0 amide bonds. The summed E-state index contributed by atoms with van der Waals surface area (Å²) in [5, 5.41) is 41.4. The van der Waals surface area contributed by atoms with Gasteiger partial charge in [-0.2, -0.15) is 0 Å². The van der Waals surface area contributed by atoms with E-state index in [-0.39, 0.29) is 0 Å². The van der Waals surface area contributed by atoms with Gasteiger partial charge in [0.15, 0.2) is 0 Å². The van der Waals surface area contributed by atoms with Gasteiger partial charge >= 0.3 is 11.9 Å². The number of benzene rings is 2. The van der Waals surface area contributed by atoms with E-state index in [1.165, 1.54) is 11.1 Å². The molecule has 46 heavy (non-hydrogen) atoms. The zero-order valence-corrected chi connectivity index (χ0v) is 28.0. The number of methoxy groups -OCH3 is 2. The van der Waals surface area contributed by atoms with Crippen LogP contribution >= 0.6 is 0 Å². The van der Waals surface area contributed by atoms with Crippen LogP contribution in [-0.2, 0) is 31.9 Å². The number of hydrogen-bond acceptors (Lipinski definition) is 10. The molecule has 0 spiro atoms. The number of carboxylic acid groups (broad SMARTS) is 2. The molecule has 0 heterocycles. The molecule has 2 rings (SSSR count). The molecule has 2 aromatic rings. The molecule has 0 radical (unpaired) electrons. The minimum Gasteiger partial charge on any atom is -0.491 e. The fourth-order valence-electron chi connectivity index (χ4n) is 3.33. The predicted molar refractivity (Wildman–Crippen MR) is 178 cm³/mol. The summed E-state index contributed by atoms with van der Waals surface area (Å²) in [4.78, 5) is 19.1. The van der Waals surface area contributed by atoms with Crippen molar-refractivity contribution in [2.75, 3.05) is 53.7 Å². The van der Waals surface area contributed by atoms with Crippen LogP contribution in [0.25, 0.3) is 0 Å². The minimum atomic E-state index is -1.26. The number of aliphatic hydroxyl groups is 2. The molecule has 12 nitrogen and oxygen atoms in total. The zero-order valence-electron chi connectivity index (χ0n) is 28.0. The third-order valence-corrected chi connectivity index (χ3v) is 5.81. The molecule has 0 bridgehead atoms. The fraction of sp³-hybridized carbons (Fsp3) is 0.529. The van der Waals surface area contributed by atoms with Gasteiger partial charge in [0, 0.05) is 51.5 Å². The Morgan fingerprint density at radius 3 is 1.24 bits per heavy atom. The first-order chi connectivity index (χ1) is 21.9. The van der Waals surface area contributed by atoms with Crippen molar-refractivity contribution >= 4 is 11.9 Å². The lowest BCUT2D eigenvalue weighted by molar-refractivity contribution is -0.134. The average molecular weight is 651 g/mol. The van der Waals surface area contributed by atoms with Crippen molar-refractivity contribution in [1.82, 2.24) is 10.6 Å². The van der Waals surface area contributed by atoms with Crippen LogP contribution in [0.3, 0.4) is 0 Å². The SMILES string of the molecule is COCCc1ccc(OCC(O)CNC(C)C)cc1.COCCc1ccc(OCC(O)CNC(C)C)cc1.O=C(O)/C=C/C(=O)O. The third-order valence-electron chi connectivity index (χ3n) is 5.81. The standard InChI is InChI=1S/2C15H25NO3.C4H4O4/c2*1-12(2)16-10-14(17)11-19-15-6-4-13(5-7-15)8-9-18-3;5-3(6)1-2-4(7)8/h2*4-7,12,14,16-17H,8-11H2,1-3H3;1-2H,(H,5,6)(H,7,8)/b;;2-1+. The summed E-state index contributed by atoms with van der Waals surface area (Å²) in [5.74, 6) is -0.950. The number of carbonyl (C=O) groups is 2. The van der Waals surface area contributed by atoms with E-state index in [2.05, 4.69) is 10.6 Å². The molecule has 0 saturated carbocycles. The quantitative estimate of drug-likeness (QED) is 0.116. The summed E-state index contributed by atoms with van der Waals surface area (Å²) >= 11 is 0. The molecule has 2 aromatic carbocycles. The van der Waals surface area contributed by atoms with E-state index in [4.69, 9.17) is 29.2 Å². The van der Waals surface area contributed by atoms with E-state index in [1.807, 2.05) is 76.2 Å². The molecule has 2 atom stereocenters. The number of ether oxygens (including phenoxy) is 4. The molecule has 260 valence electrons. The topological polar surface area (TPSA) is 176 Å². The Labute approximate surface area is 273 Å². The second-order valence-corrected chi connectivity index (χ2v) is 10.8. The summed E-state index contributed by atoms with van der Waals surface area (Å²) in [7, 11) is 3.40. The summed E-state index contributed by atoms with van der Waals surface area (Å²) < 4.78 is 21.1. The number of aliphatic hydroxyl groups excluding tert-OH is 2. The van der Waals surface area contributed by atoms with Crippen molar-refractivity contribution in [3.63, 3.8) is 0 Å². The Kier molecular flexibility index (Phi) is 24.6. The van der Waals surface area contributed by atoms with Gasteiger partial charge in [0.2, 0.25) is 0 Å². The average Bonchev–Trinajstić information content (AvgIpc) is 3.03. The van der Waals surface area contributed by atoms with Gasteiger partial charge in [0.25, 0.3) is 0 Å². The molecule has 0 aromatic heterocycles. The lowest BCUT2D eigenvalue weighted by Crippen LogP contribution is -2.35. The van der Waals surface area contributed by atoms with Crippen LogP contribution in [0.1, 0.15) is 38.8 Å². The Bertz CT molecular complexity index is 991. The van der Waals surface area contributed by atoms with E-state index in [0.29, 0.717) is 50.5 Å². The maximum absolute atomic E-state index is 9.73. The van der Waals surface area contributed by atoms with E-state index in [9.17, 15) is 19.8 Å². The molecule has 2 unspecified atom stereocenters. The highest BCUT2D eigenvalue weighted by molar-refractivity contribution is 5.89. The monoisotopic (exact) mass is 650 g/mol. The zero-order chi connectivity index (χ0) is 34.7. The third kappa shape index (κ3) is 25.8. The molecule has 6 N–H and O–H groups in total. The molecule has 0 aliphatic carbocycles. The summed E-state index contributed by atoms with van der Waals surface area (Å²) in [5.41, 5.74) is 2.44. The summed E-state index contributed by atoms with van der Waals surface area (Å²) in [6.45, 7) is 11.3. The largest absolute Gasteiger partial charge is 0.491 e. The Hall–Kier alpha value is -3.52. The van der Waals surface area contributed by atoms with E-state index < -0.39 is 24.1 Å². The number of aliphatic carboxylic acids is 2. The highest BCUT2D eigenvalue weighted by Crippen LogP contribution is 2.14. The van der Waals surface area contributed by atoms with Gasteiger partial charge < -0.3 is 50.0 Å². The molecule has 0 saturated heterocycles. The predicted octanol–water partition coefficient (Wildman–Crippen LogP) is 2.94. The van der Waals surface area contributed by atoms with E-state index in [0.717, 1.165) is 37.6 Å². The summed E-state index contributed by atoms with van der Waals surface area (Å²) in [6.07, 6.45) is 1.94. The number of hydrogen-bond donors (Lipinski definition) is 6. The van der Waals surface area contributed by atoms with Gasteiger partial charge in [0.1, 0.15) is 36.9 Å². The van der Waals surface area contributed by atoms with Gasteiger partial charge in [-0.25, -0.2) is 9.59 Å². The first-order valence-electron chi connectivity index (χ1n) is 15.2. The van der Waals surface area contributed by atoms with Gasteiger partial charge in [-0.05, 0) is 48.2 Å². The number of carboxylic acids is 2. The van der Waals surface area contributed by atoms with Crippen LogP contribution in [0.15, 0.2) is 60.7 Å². The molecular formula is C34H54N2O10. The maximum atomic E-state index is 9.73. The van der Waals surface area contributed by atoms with E-state index >= 15 is 0 Å². The van der Waals surface area contributed by atoms with Crippen LogP contribution < -0.4 is 20.1 Å². The van der Waals surface area contributed by atoms with Crippen molar-refractivity contribution < 1.29 is 49.0 Å². The van der Waals surface area contributed by atoms with Crippen molar-refractivity contribution in [3.8, 4) is 11.5 Å². The number of nitrogens with one attached hydrogen (secondary N) is 2. The second kappa shape index (κ2) is 26.7. The van der Waals surface area contributed by atoms with Crippen molar-refractivity contribution in [3.05, 3.63) is 71.8 Å². The van der Waals surface area contributed by atoms with Gasteiger partial charge in [-0.1, -0.05) is 52.0 Å². The fourth-order valence-corrected chi connectivity index (χ4v) is 3.33. The minimum absolute atomic E-state index is 0.303. The number of rotatable bonds is 20. The van der Waals surface area contributed by atoms with Crippen LogP contribution in [0.2, 0.25) is 0 Å². The molecule has 0 aliphatic rings. The van der Waals surface area contributed by atoms with Gasteiger partial charge in [0.05, 0.1) is 13.2 Å². The Morgan fingerprint density at radius 2 is 0.978 bits per heavy atom. The Balaban J connectivity index is 0.000000716. The Morgan fingerprint density at radius 1 is 0.652 bits per heavy atom. The first-order valence-corrected chi connectivity index (χ1v) is 15.2. The van der Waals surface area contributed by atoms with Crippen LogP contribution in [0.5, 0.6) is 11.5 Å². The smallest absolute Gasteiger partial charge is 0.328 e. The highest BCUT2D eigenvalue weighted by Gasteiger charge is 2.07. The first kappa shape index (κ1) is 42.5. The lowest BCUT2D eigenvalue weighted by Gasteiger charge is -2.15. The highest BCUT2D eigenvalue weighted by atomic mass is 16.5. The van der Waals surface area contributed by atoms with E-state index in [1.54, 1.807) is 14.2 Å². The van der Waals surface area contributed by atoms with Crippen LogP contribution in [-0.4, -0.2) is 110 Å². The van der Waals surface area contributed by atoms with Crippen LogP contribution in [0, 0.1) is 0 Å². The second-order valence-electron chi connectivity index (χ2n) is 10.8. The molecule has 0 aliphatic heterocycles. The van der Waals surface area contributed by atoms with Gasteiger partial charge in [-0.3, -0.25) is 0 Å². The van der Waals surface area contributed by atoms with Crippen molar-refractivity contribution in [2.24, 2.45) is 0 Å². The lowest BCUT2D eigenvalue weighted by atomic mass is 10.1. The van der Waals surface area contributed by atoms with Crippen molar-refractivity contribution in [2.45, 2.75) is 64.8 Å². The maximum Gasteiger partial charge on any atom is 0.328 e. The van der Waals surface area contributed by atoms with Crippen molar-refractivity contribution in [1.29, 1.82) is 0 Å². The van der Waals surface area contributed by atoms with Crippen LogP contribution in [0.4, 0.5) is 0 Å². The molecular weight excluding hydrogens is 596 g/mol. The van der Waals surface area contributed by atoms with Gasteiger partial charge in [-0.15, -0.1) is 0 Å². The summed E-state index contributed by atoms with van der Waals surface area (Å²) in [6, 6.07) is 16.5. The molecule has 0 fully saturated rings. The molecule has 12 heteroatoms. The normalized spacial score (nSPS) is 12.1.